The van der Waals surface area contributed by atoms with Crippen LogP contribution in [0.5, 0.6) is 0 Å². The predicted molar refractivity (Wildman–Crippen MR) is 96.0 cm³/mol. The Balaban J connectivity index is 1.20. The van der Waals surface area contributed by atoms with Gasteiger partial charge >= 0.3 is 0 Å². The van der Waals surface area contributed by atoms with Crippen LogP contribution in [-0.2, 0) is 0 Å². The van der Waals surface area contributed by atoms with Gasteiger partial charge in [0.25, 0.3) is 0 Å². The summed E-state index contributed by atoms with van der Waals surface area (Å²) in [5.74, 6) is 4.94. The summed E-state index contributed by atoms with van der Waals surface area (Å²) in [6.45, 7) is 8.14. The second kappa shape index (κ2) is 5.26. The van der Waals surface area contributed by atoms with Crippen molar-refractivity contribution >= 4 is 17.3 Å². The molecule has 0 bridgehead atoms. The second-order valence-electron chi connectivity index (χ2n) is 8.00. The predicted octanol–water partition coefficient (Wildman–Crippen LogP) is 3.84. The maximum atomic E-state index is 6.19. The molecule has 1 aromatic carbocycles. The Hall–Kier alpha value is -0.990. The number of allylic oxidation sites excluding steroid dienone is 2. The zero-order valence-corrected chi connectivity index (χ0v) is 14.5. The summed E-state index contributed by atoms with van der Waals surface area (Å²) in [6.07, 6.45) is 6.54. The number of hydrogen-bond acceptors (Lipinski definition) is 2. The van der Waals surface area contributed by atoms with Crippen molar-refractivity contribution in [3.63, 3.8) is 0 Å². The summed E-state index contributed by atoms with van der Waals surface area (Å²) in [5.41, 5.74) is 2.65. The van der Waals surface area contributed by atoms with E-state index in [-0.39, 0.29) is 0 Å². The zero-order valence-electron chi connectivity index (χ0n) is 13.8. The molecule has 1 heterocycles. The van der Waals surface area contributed by atoms with Gasteiger partial charge in [0.2, 0.25) is 0 Å². The smallest absolute Gasteiger partial charge is 0.0426 e. The summed E-state index contributed by atoms with van der Waals surface area (Å²) in [4.78, 5) is 5.21. The number of nitrogens with zero attached hydrogens (tertiary/aromatic N) is 2. The van der Waals surface area contributed by atoms with E-state index in [0.717, 1.165) is 47.7 Å². The van der Waals surface area contributed by atoms with Crippen LogP contribution in [0.1, 0.15) is 12.0 Å². The molecule has 3 heteroatoms. The molecule has 23 heavy (non-hydrogen) atoms. The van der Waals surface area contributed by atoms with Gasteiger partial charge in [0.15, 0.2) is 0 Å². The Morgan fingerprint density at radius 1 is 1.09 bits per heavy atom. The van der Waals surface area contributed by atoms with Gasteiger partial charge in [-0.15, -0.1) is 0 Å². The van der Waals surface area contributed by atoms with Gasteiger partial charge in [-0.05, 0) is 60.6 Å². The Bertz CT molecular complexity index is 647. The van der Waals surface area contributed by atoms with Gasteiger partial charge < -0.3 is 4.90 Å². The van der Waals surface area contributed by atoms with Crippen LogP contribution in [0.2, 0.25) is 5.02 Å². The van der Waals surface area contributed by atoms with Crippen LogP contribution in [0.3, 0.4) is 0 Å². The SMILES string of the molecule is Cc1ccc(Cl)cc1N1CCN(CC2CC3C4C=CC2C43)CC1. The number of aryl methyl sites for hydroxylation is 1. The molecule has 4 aliphatic rings. The van der Waals surface area contributed by atoms with Crippen molar-refractivity contribution in [2.24, 2.45) is 29.6 Å². The Morgan fingerprint density at radius 3 is 2.65 bits per heavy atom. The standard InChI is InChI=1S/C20H25ClN2/c1-13-2-3-15(21)11-19(13)23-8-6-22(7-9-23)12-14-10-18-17-5-4-16(14)20(17)18/h2-5,11,14,16-18,20H,6-10,12H2,1H3. The van der Waals surface area contributed by atoms with E-state index in [1.54, 1.807) is 0 Å². The molecule has 1 aliphatic heterocycles. The number of anilines is 1. The molecule has 0 aromatic heterocycles. The van der Waals surface area contributed by atoms with E-state index in [4.69, 9.17) is 11.6 Å². The number of rotatable bonds is 3. The first-order valence-electron chi connectivity index (χ1n) is 9.12. The monoisotopic (exact) mass is 328 g/mol. The summed E-state index contributed by atoms with van der Waals surface area (Å²) in [5, 5.41) is 0.848. The maximum absolute atomic E-state index is 6.19. The van der Waals surface area contributed by atoms with Gasteiger partial charge in [-0.3, -0.25) is 4.90 Å². The van der Waals surface area contributed by atoms with E-state index in [9.17, 15) is 0 Å². The normalized spacial score (nSPS) is 38.2. The molecular weight excluding hydrogens is 304 g/mol. The fourth-order valence-corrected chi connectivity index (χ4v) is 5.71. The van der Waals surface area contributed by atoms with Crippen LogP contribution >= 0.6 is 11.6 Å². The van der Waals surface area contributed by atoms with Crippen LogP contribution < -0.4 is 4.90 Å². The largest absolute Gasteiger partial charge is 0.369 e. The van der Waals surface area contributed by atoms with Gasteiger partial charge in [0.05, 0.1) is 0 Å². The Morgan fingerprint density at radius 2 is 1.87 bits per heavy atom. The van der Waals surface area contributed by atoms with E-state index in [1.165, 1.54) is 37.3 Å². The Kier molecular flexibility index (Phi) is 3.28. The minimum Gasteiger partial charge on any atom is -0.369 e. The first-order valence-corrected chi connectivity index (χ1v) is 9.50. The van der Waals surface area contributed by atoms with Gasteiger partial charge in [0, 0.05) is 43.4 Å². The molecule has 5 rings (SSSR count). The van der Waals surface area contributed by atoms with Gasteiger partial charge in [0.1, 0.15) is 0 Å². The third-order valence-electron chi connectivity index (χ3n) is 6.79. The van der Waals surface area contributed by atoms with Crippen molar-refractivity contribution in [1.29, 1.82) is 0 Å². The van der Waals surface area contributed by atoms with Gasteiger partial charge in [-0.25, -0.2) is 0 Å². The second-order valence-corrected chi connectivity index (χ2v) is 8.43. The van der Waals surface area contributed by atoms with E-state index in [1.807, 2.05) is 6.07 Å². The lowest BCUT2D eigenvalue weighted by atomic mass is 9.92. The highest BCUT2D eigenvalue weighted by Gasteiger charge is 2.62. The number of piperazine rings is 1. The average molecular weight is 329 g/mol. The third kappa shape index (κ3) is 2.34. The van der Waals surface area contributed by atoms with Gasteiger partial charge in [-0.2, -0.15) is 0 Å². The molecule has 3 aliphatic carbocycles. The highest BCUT2D eigenvalue weighted by atomic mass is 35.5. The fraction of sp³-hybridized carbons (Fsp3) is 0.600. The molecule has 3 fully saturated rings. The van der Waals surface area contributed by atoms with Crippen molar-refractivity contribution in [2.45, 2.75) is 13.3 Å². The average Bonchev–Trinajstić information content (AvgIpc) is 2.93. The quantitative estimate of drug-likeness (QED) is 0.778. The van der Waals surface area contributed by atoms with Crippen LogP contribution in [-0.4, -0.2) is 37.6 Å². The van der Waals surface area contributed by atoms with Crippen LogP contribution in [0.4, 0.5) is 5.69 Å². The lowest BCUT2D eigenvalue weighted by Gasteiger charge is -2.38. The molecule has 2 saturated carbocycles. The fourth-order valence-electron chi connectivity index (χ4n) is 5.54. The van der Waals surface area contributed by atoms with Crippen molar-refractivity contribution in [3.8, 4) is 0 Å². The summed E-state index contributed by atoms with van der Waals surface area (Å²) >= 11 is 6.19. The first kappa shape index (κ1) is 14.4. The minimum absolute atomic E-state index is 0.848. The highest BCUT2D eigenvalue weighted by Crippen LogP contribution is 2.67. The molecular formula is C20H25ClN2. The molecule has 5 unspecified atom stereocenters. The maximum Gasteiger partial charge on any atom is 0.0426 e. The molecule has 0 radical (unpaired) electrons. The van der Waals surface area contributed by atoms with Crippen LogP contribution in [0, 0.1) is 36.5 Å². The lowest BCUT2D eigenvalue weighted by molar-refractivity contribution is 0.197. The van der Waals surface area contributed by atoms with Crippen molar-refractivity contribution in [1.82, 2.24) is 4.90 Å². The zero-order chi connectivity index (χ0) is 15.6. The first-order chi connectivity index (χ1) is 11.2. The summed E-state index contributed by atoms with van der Waals surface area (Å²) in [6, 6.07) is 6.25. The van der Waals surface area contributed by atoms with Crippen LogP contribution in [0.25, 0.3) is 0 Å². The third-order valence-corrected chi connectivity index (χ3v) is 7.02. The highest BCUT2D eigenvalue weighted by molar-refractivity contribution is 6.30. The number of fused-ring (bicyclic) bond motifs is 1. The Labute approximate surface area is 144 Å². The summed E-state index contributed by atoms with van der Waals surface area (Å²) < 4.78 is 0. The van der Waals surface area contributed by atoms with Gasteiger partial charge in [-0.1, -0.05) is 29.8 Å². The number of hydrogen-bond donors (Lipinski definition) is 0. The van der Waals surface area contributed by atoms with E-state index in [2.05, 4.69) is 41.0 Å². The van der Waals surface area contributed by atoms with Crippen molar-refractivity contribution < 1.29 is 0 Å². The lowest BCUT2D eigenvalue weighted by Crippen LogP contribution is -2.48. The molecule has 0 spiro atoms. The number of halogens is 1. The molecule has 122 valence electrons. The molecule has 0 amide bonds. The topological polar surface area (TPSA) is 6.48 Å². The van der Waals surface area contributed by atoms with Crippen molar-refractivity contribution in [3.05, 3.63) is 40.9 Å². The van der Waals surface area contributed by atoms with E-state index in [0.29, 0.717) is 0 Å². The minimum atomic E-state index is 0.848. The van der Waals surface area contributed by atoms with Crippen LogP contribution in [0.15, 0.2) is 30.4 Å². The number of benzene rings is 1. The van der Waals surface area contributed by atoms with E-state index >= 15 is 0 Å². The molecule has 1 aromatic rings. The van der Waals surface area contributed by atoms with Crippen molar-refractivity contribution in [2.75, 3.05) is 37.6 Å². The molecule has 5 atom stereocenters. The summed E-state index contributed by atoms with van der Waals surface area (Å²) in [7, 11) is 0. The molecule has 2 nitrogen and oxygen atoms in total. The molecule has 1 saturated heterocycles. The molecule has 0 N–H and O–H groups in total. The van der Waals surface area contributed by atoms with E-state index < -0.39 is 0 Å².